The van der Waals surface area contributed by atoms with Crippen LogP contribution < -0.4 is 5.32 Å². The Labute approximate surface area is 115 Å². The van der Waals surface area contributed by atoms with Crippen LogP contribution in [0.1, 0.15) is 30.7 Å². The topological polar surface area (TPSA) is 32.3 Å². The standard InChI is InChI=1S/C16H22N2O/c19-16(14-7-4-9-17-11-14)18-10-8-15(12-18)13-5-2-1-3-6-13/h1-3,5-6,14-15,17H,4,7-12H2/t14-,15?/m0/s1. The highest BCUT2D eigenvalue weighted by Gasteiger charge is 2.31. The van der Waals surface area contributed by atoms with Crippen LogP contribution in [-0.2, 0) is 4.79 Å². The van der Waals surface area contributed by atoms with E-state index in [0.717, 1.165) is 45.4 Å². The van der Waals surface area contributed by atoms with Crippen molar-refractivity contribution in [2.75, 3.05) is 26.2 Å². The molecule has 3 nitrogen and oxygen atoms in total. The van der Waals surface area contributed by atoms with Crippen LogP contribution >= 0.6 is 0 Å². The van der Waals surface area contributed by atoms with Crippen molar-refractivity contribution >= 4 is 5.91 Å². The van der Waals surface area contributed by atoms with E-state index < -0.39 is 0 Å². The molecule has 0 aromatic heterocycles. The molecule has 2 aliphatic heterocycles. The number of hydrogen-bond acceptors (Lipinski definition) is 2. The molecule has 1 unspecified atom stereocenters. The van der Waals surface area contributed by atoms with Crippen LogP contribution in [0.5, 0.6) is 0 Å². The van der Waals surface area contributed by atoms with Crippen LogP contribution in [0.2, 0.25) is 0 Å². The number of rotatable bonds is 2. The van der Waals surface area contributed by atoms with Gasteiger partial charge in [-0.2, -0.15) is 0 Å². The summed E-state index contributed by atoms with van der Waals surface area (Å²) >= 11 is 0. The van der Waals surface area contributed by atoms with Gasteiger partial charge >= 0.3 is 0 Å². The highest BCUT2D eigenvalue weighted by molar-refractivity contribution is 5.79. The first-order valence-electron chi connectivity index (χ1n) is 7.39. The zero-order valence-electron chi connectivity index (χ0n) is 11.3. The highest BCUT2D eigenvalue weighted by atomic mass is 16.2. The van der Waals surface area contributed by atoms with E-state index in [9.17, 15) is 4.79 Å². The van der Waals surface area contributed by atoms with Crippen LogP contribution in [0, 0.1) is 5.92 Å². The van der Waals surface area contributed by atoms with Crippen LogP contribution in [0.4, 0.5) is 0 Å². The Hall–Kier alpha value is -1.35. The summed E-state index contributed by atoms with van der Waals surface area (Å²) in [6, 6.07) is 10.6. The monoisotopic (exact) mass is 258 g/mol. The van der Waals surface area contributed by atoms with Gasteiger partial charge in [-0.05, 0) is 31.4 Å². The number of nitrogens with zero attached hydrogens (tertiary/aromatic N) is 1. The van der Waals surface area contributed by atoms with Gasteiger partial charge in [-0.1, -0.05) is 30.3 Å². The third kappa shape index (κ3) is 2.81. The lowest BCUT2D eigenvalue weighted by Gasteiger charge is -2.27. The first-order valence-corrected chi connectivity index (χ1v) is 7.39. The summed E-state index contributed by atoms with van der Waals surface area (Å²) in [7, 11) is 0. The maximum atomic E-state index is 12.5. The molecular weight excluding hydrogens is 236 g/mol. The van der Waals surface area contributed by atoms with E-state index in [-0.39, 0.29) is 5.92 Å². The van der Waals surface area contributed by atoms with Gasteiger partial charge in [-0.3, -0.25) is 4.79 Å². The molecule has 0 spiro atoms. The molecule has 2 fully saturated rings. The lowest BCUT2D eigenvalue weighted by atomic mass is 9.97. The molecule has 19 heavy (non-hydrogen) atoms. The number of piperidine rings is 1. The van der Waals surface area contributed by atoms with Crippen molar-refractivity contribution < 1.29 is 4.79 Å². The Balaban J connectivity index is 1.61. The fraction of sp³-hybridized carbons (Fsp3) is 0.562. The summed E-state index contributed by atoms with van der Waals surface area (Å²) < 4.78 is 0. The Bertz CT molecular complexity index is 426. The van der Waals surface area contributed by atoms with E-state index in [1.165, 1.54) is 5.56 Å². The molecule has 0 bridgehead atoms. The summed E-state index contributed by atoms with van der Waals surface area (Å²) in [5, 5.41) is 3.33. The molecule has 1 aromatic carbocycles. The van der Waals surface area contributed by atoms with E-state index >= 15 is 0 Å². The number of nitrogens with one attached hydrogen (secondary N) is 1. The molecule has 2 aliphatic rings. The minimum atomic E-state index is 0.211. The van der Waals surface area contributed by atoms with Gasteiger partial charge in [0.05, 0.1) is 5.92 Å². The molecule has 2 saturated heterocycles. The number of hydrogen-bond donors (Lipinski definition) is 1. The first kappa shape index (κ1) is 12.7. The van der Waals surface area contributed by atoms with Crippen molar-refractivity contribution in [1.29, 1.82) is 0 Å². The summed E-state index contributed by atoms with van der Waals surface area (Å²) in [6.07, 6.45) is 3.29. The van der Waals surface area contributed by atoms with E-state index in [1.807, 2.05) is 0 Å². The minimum Gasteiger partial charge on any atom is -0.342 e. The molecule has 2 heterocycles. The van der Waals surface area contributed by atoms with E-state index in [0.29, 0.717) is 11.8 Å². The number of likely N-dealkylation sites (tertiary alicyclic amines) is 1. The lowest BCUT2D eigenvalue weighted by molar-refractivity contribution is -0.135. The van der Waals surface area contributed by atoms with Gasteiger partial charge in [0, 0.05) is 25.6 Å². The van der Waals surface area contributed by atoms with Gasteiger partial charge in [-0.25, -0.2) is 0 Å². The predicted molar refractivity (Wildman–Crippen MR) is 76.0 cm³/mol. The fourth-order valence-corrected chi connectivity index (χ4v) is 3.28. The van der Waals surface area contributed by atoms with Crippen molar-refractivity contribution in [3.05, 3.63) is 35.9 Å². The maximum absolute atomic E-state index is 12.5. The minimum absolute atomic E-state index is 0.211. The number of carbonyl (C=O) groups is 1. The first-order chi connectivity index (χ1) is 9.34. The van der Waals surface area contributed by atoms with Crippen molar-refractivity contribution in [2.24, 2.45) is 5.92 Å². The largest absolute Gasteiger partial charge is 0.342 e. The van der Waals surface area contributed by atoms with Crippen LogP contribution in [0.3, 0.4) is 0 Å². The predicted octanol–water partition coefficient (Wildman–Crippen LogP) is 2.00. The number of amides is 1. The van der Waals surface area contributed by atoms with Crippen LogP contribution in [0.25, 0.3) is 0 Å². The summed E-state index contributed by atoms with van der Waals surface area (Å²) in [5.41, 5.74) is 1.37. The van der Waals surface area contributed by atoms with Gasteiger partial charge in [0.2, 0.25) is 5.91 Å². The van der Waals surface area contributed by atoms with Crippen molar-refractivity contribution in [3.63, 3.8) is 0 Å². The van der Waals surface area contributed by atoms with Gasteiger partial charge in [0.15, 0.2) is 0 Å². The second kappa shape index (κ2) is 5.74. The zero-order valence-corrected chi connectivity index (χ0v) is 11.3. The average molecular weight is 258 g/mol. The molecule has 1 amide bonds. The molecular formula is C16H22N2O. The molecule has 102 valence electrons. The normalized spacial score (nSPS) is 27.5. The fourth-order valence-electron chi connectivity index (χ4n) is 3.28. The molecule has 0 saturated carbocycles. The molecule has 1 aromatic rings. The SMILES string of the molecule is O=C([C@H]1CCCNC1)N1CCC(c2ccccc2)C1. The third-order valence-electron chi connectivity index (χ3n) is 4.42. The summed E-state index contributed by atoms with van der Waals surface area (Å²) in [6.45, 7) is 3.76. The van der Waals surface area contributed by atoms with Crippen molar-refractivity contribution in [2.45, 2.75) is 25.2 Å². The van der Waals surface area contributed by atoms with Crippen molar-refractivity contribution in [3.8, 4) is 0 Å². The molecule has 1 N–H and O–H groups in total. The lowest BCUT2D eigenvalue weighted by Crippen LogP contribution is -2.42. The molecule has 0 aliphatic carbocycles. The van der Waals surface area contributed by atoms with Gasteiger partial charge in [-0.15, -0.1) is 0 Å². The Morgan fingerprint density at radius 2 is 2.05 bits per heavy atom. The average Bonchev–Trinajstić information content (AvgIpc) is 2.98. The summed E-state index contributed by atoms with van der Waals surface area (Å²) in [5.74, 6) is 1.11. The summed E-state index contributed by atoms with van der Waals surface area (Å²) in [4.78, 5) is 14.5. The van der Waals surface area contributed by atoms with Crippen LogP contribution in [0.15, 0.2) is 30.3 Å². The number of carbonyl (C=O) groups excluding carboxylic acids is 1. The van der Waals surface area contributed by atoms with Gasteiger partial charge in [0.1, 0.15) is 0 Å². The van der Waals surface area contributed by atoms with E-state index in [4.69, 9.17) is 0 Å². The van der Waals surface area contributed by atoms with Crippen molar-refractivity contribution in [1.82, 2.24) is 10.2 Å². The smallest absolute Gasteiger partial charge is 0.226 e. The Morgan fingerprint density at radius 1 is 1.21 bits per heavy atom. The third-order valence-corrected chi connectivity index (χ3v) is 4.42. The quantitative estimate of drug-likeness (QED) is 0.880. The molecule has 3 rings (SSSR count). The highest BCUT2D eigenvalue weighted by Crippen LogP contribution is 2.28. The van der Waals surface area contributed by atoms with Crippen LogP contribution in [-0.4, -0.2) is 37.0 Å². The van der Waals surface area contributed by atoms with Gasteiger partial charge in [0.25, 0.3) is 0 Å². The molecule has 2 atom stereocenters. The molecule has 3 heteroatoms. The second-order valence-electron chi connectivity index (χ2n) is 5.72. The second-order valence-corrected chi connectivity index (χ2v) is 5.72. The maximum Gasteiger partial charge on any atom is 0.226 e. The van der Waals surface area contributed by atoms with E-state index in [1.54, 1.807) is 0 Å². The zero-order chi connectivity index (χ0) is 13.1. The Kier molecular flexibility index (Phi) is 3.83. The molecule has 0 radical (unpaired) electrons. The van der Waals surface area contributed by atoms with Gasteiger partial charge < -0.3 is 10.2 Å². The van der Waals surface area contributed by atoms with E-state index in [2.05, 4.69) is 40.5 Å². The number of benzene rings is 1. The Morgan fingerprint density at radius 3 is 2.79 bits per heavy atom.